The van der Waals surface area contributed by atoms with E-state index in [1.165, 1.54) is 12.8 Å². The Morgan fingerprint density at radius 3 is 2.16 bits per heavy atom. The number of nitrogens with zero attached hydrogens (tertiary/aromatic N) is 2. The molecule has 3 heteroatoms. The van der Waals surface area contributed by atoms with E-state index < -0.39 is 5.54 Å². The van der Waals surface area contributed by atoms with E-state index in [2.05, 4.69) is 50.9 Å². The topological polar surface area (TPSA) is 39.1 Å². The zero-order chi connectivity index (χ0) is 14.9. The maximum atomic E-state index is 9.36. The van der Waals surface area contributed by atoms with Crippen molar-refractivity contribution >= 4 is 0 Å². The van der Waals surface area contributed by atoms with Crippen LogP contribution in [-0.2, 0) is 0 Å². The van der Waals surface area contributed by atoms with E-state index in [1.54, 1.807) is 0 Å². The third kappa shape index (κ3) is 6.40. The van der Waals surface area contributed by atoms with E-state index in [4.69, 9.17) is 0 Å². The van der Waals surface area contributed by atoms with Gasteiger partial charge in [-0.15, -0.1) is 0 Å². The number of hydrogen-bond donors (Lipinski definition) is 1. The van der Waals surface area contributed by atoms with Gasteiger partial charge in [0.2, 0.25) is 0 Å². The van der Waals surface area contributed by atoms with Crippen LogP contribution in [0.5, 0.6) is 0 Å². The van der Waals surface area contributed by atoms with Gasteiger partial charge in [-0.2, -0.15) is 5.26 Å². The summed E-state index contributed by atoms with van der Waals surface area (Å²) in [6.45, 7) is 16.1. The van der Waals surface area contributed by atoms with Gasteiger partial charge >= 0.3 is 0 Å². The third-order valence-electron chi connectivity index (χ3n) is 4.19. The van der Waals surface area contributed by atoms with Gasteiger partial charge < -0.3 is 4.90 Å². The monoisotopic (exact) mass is 267 g/mol. The van der Waals surface area contributed by atoms with E-state index in [9.17, 15) is 5.26 Å². The van der Waals surface area contributed by atoms with Crippen molar-refractivity contribution in [2.24, 2.45) is 5.92 Å². The summed E-state index contributed by atoms with van der Waals surface area (Å²) in [6.07, 6.45) is 3.36. The SMILES string of the molecule is CCNC(C)(C#N)CC(C)N(CC)CC(CC)CC. The lowest BCUT2D eigenvalue weighted by Gasteiger charge is -2.35. The van der Waals surface area contributed by atoms with E-state index in [-0.39, 0.29) is 0 Å². The summed E-state index contributed by atoms with van der Waals surface area (Å²) in [7, 11) is 0. The molecular formula is C16H33N3. The van der Waals surface area contributed by atoms with Crippen LogP contribution in [0.1, 0.15) is 60.8 Å². The molecule has 3 nitrogen and oxygen atoms in total. The molecule has 2 atom stereocenters. The molecule has 0 heterocycles. The molecule has 0 radical (unpaired) electrons. The molecule has 0 aliphatic rings. The standard InChI is InChI=1S/C16H33N3/c1-7-15(8-2)12-19(10-4)14(5)11-16(6,13-17)18-9-3/h14-15,18H,7-12H2,1-6H3. The highest BCUT2D eigenvalue weighted by Gasteiger charge is 2.28. The fourth-order valence-corrected chi connectivity index (χ4v) is 2.77. The number of hydrogen-bond acceptors (Lipinski definition) is 3. The summed E-state index contributed by atoms with van der Waals surface area (Å²) >= 11 is 0. The molecule has 0 amide bonds. The maximum Gasteiger partial charge on any atom is 0.105 e. The molecule has 0 bridgehead atoms. The first kappa shape index (κ1) is 18.4. The summed E-state index contributed by atoms with van der Waals surface area (Å²) in [5.41, 5.74) is -0.407. The quantitative estimate of drug-likeness (QED) is 0.659. The zero-order valence-electron chi connectivity index (χ0n) is 13.8. The van der Waals surface area contributed by atoms with Crippen molar-refractivity contribution in [2.75, 3.05) is 19.6 Å². The Kier molecular flexibility index (Phi) is 9.05. The van der Waals surface area contributed by atoms with Gasteiger partial charge in [0.25, 0.3) is 0 Å². The molecule has 0 aliphatic carbocycles. The lowest BCUT2D eigenvalue weighted by Crippen LogP contribution is -2.48. The second kappa shape index (κ2) is 9.34. The van der Waals surface area contributed by atoms with Crippen molar-refractivity contribution in [3.63, 3.8) is 0 Å². The van der Waals surface area contributed by atoms with Crippen molar-refractivity contribution in [2.45, 2.75) is 72.4 Å². The third-order valence-corrected chi connectivity index (χ3v) is 4.19. The molecule has 0 saturated heterocycles. The second-order valence-corrected chi connectivity index (χ2v) is 5.80. The van der Waals surface area contributed by atoms with Crippen molar-refractivity contribution in [1.82, 2.24) is 10.2 Å². The van der Waals surface area contributed by atoms with Gasteiger partial charge in [-0.1, -0.05) is 40.5 Å². The van der Waals surface area contributed by atoms with Gasteiger partial charge in [-0.3, -0.25) is 5.32 Å². The van der Waals surface area contributed by atoms with Crippen LogP contribution in [0, 0.1) is 17.2 Å². The molecule has 1 N–H and O–H groups in total. The fraction of sp³-hybridized carbons (Fsp3) is 0.938. The Labute approximate surface area is 120 Å². The van der Waals surface area contributed by atoms with Gasteiger partial charge in [-0.25, -0.2) is 0 Å². The fourth-order valence-electron chi connectivity index (χ4n) is 2.77. The van der Waals surface area contributed by atoms with Crippen LogP contribution in [0.2, 0.25) is 0 Å². The smallest absolute Gasteiger partial charge is 0.105 e. The lowest BCUT2D eigenvalue weighted by molar-refractivity contribution is 0.155. The van der Waals surface area contributed by atoms with Crippen LogP contribution >= 0.6 is 0 Å². The zero-order valence-corrected chi connectivity index (χ0v) is 13.8. The molecule has 0 aromatic rings. The minimum atomic E-state index is -0.407. The summed E-state index contributed by atoms with van der Waals surface area (Å²) < 4.78 is 0. The highest BCUT2D eigenvalue weighted by atomic mass is 15.2. The Bertz CT molecular complexity index is 268. The summed E-state index contributed by atoms with van der Waals surface area (Å²) in [5, 5.41) is 12.7. The van der Waals surface area contributed by atoms with Gasteiger partial charge in [0.15, 0.2) is 0 Å². The maximum absolute atomic E-state index is 9.36. The lowest BCUT2D eigenvalue weighted by atomic mass is 9.93. The van der Waals surface area contributed by atoms with Crippen LogP contribution < -0.4 is 5.32 Å². The Balaban J connectivity index is 4.58. The van der Waals surface area contributed by atoms with Crippen LogP contribution in [0.4, 0.5) is 0 Å². The predicted molar refractivity (Wildman–Crippen MR) is 83.1 cm³/mol. The van der Waals surface area contributed by atoms with Crippen LogP contribution in [0.3, 0.4) is 0 Å². The van der Waals surface area contributed by atoms with Gasteiger partial charge in [0.05, 0.1) is 6.07 Å². The molecule has 0 rings (SSSR count). The molecule has 2 unspecified atom stereocenters. The molecular weight excluding hydrogens is 234 g/mol. The van der Waals surface area contributed by atoms with Crippen molar-refractivity contribution in [3.05, 3.63) is 0 Å². The van der Waals surface area contributed by atoms with Gasteiger partial charge in [0.1, 0.15) is 5.54 Å². The molecule has 0 fully saturated rings. The van der Waals surface area contributed by atoms with Crippen LogP contribution in [0.15, 0.2) is 0 Å². The molecule has 0 spiro atoms. The summed E-state index contributed by atoms with van der Waals surface area (Å²) in [4.78, 5) is 2.52. The largest absolute Gasteiger partial charge is 0.301 e. The molecule has 0 aliphatic heterocycles. The van der Waals surface area contributed by atoms with E-state index >= 15 is 0 Å². The van der Waals surface area contributed by atoms with Crippen molar-refractivity contribution in [1.29, 1.82) is 5.26 Å². The predicted octanol–water partition coefficient (Wildman–Crippen LogP) is 3.41. The highest BCUT2D eigenvalue weighted by Crippen LogP contribution is 2.18. The highest BCUT2D eigenvalue weighted by molar-refractivity contribution is 5.05. The number of nitrogens with one attached hydrogen (secondary N) is 1. The van der Waals surface area contributed by atoms with E-state index in [0.717, 1.165) is 32.0 Å². The van der Waals surface area contributed by atoms with Gasteiger partial charge in [0, 0.05) is 12.6 Å². The first-order chi connectivity index (χ1) is 8.96. The first-order valence-electron chi connectivity index (χ1n) is 7.86. The average molecular weight is 267 g/mol. The van der Waals surface area contributed by atoms with E-state index in [0.29, 0.717) is 6.04 Å². The minimum absolute atomic E-state index is 0.407. The minimum Gasteiger partial charge on any atom is -0.301 e. The number of rotatable bonds is 10. The molecule has 0 saturated carbocycles. The van der Waals surface area contributed by atoms with Gasteiger partial charge in [-0.05, 0) is 39.3 Å². The first-order valence-corrected chi connectivity index (χ1v) is 7.86. The average Bonchev–Trinajstić information content (AvgIpc) is 2.40. The second-order valence-electron chi connectivity index (χ2n) is 5.80. The molecule has 0 aromatic heterocycles. The number of nitriles is 1. The molecule has 19 heavy (non-hydrogen) atoms. The summed E-state index contributed by atoms with van der Waals surface area (Å²) in [6, 6.07) is 2.87. The normalized spacial score (nSPS) is 16.4. The molecule has 0 aromatic carbocycles. The van der Waals surface area contributed by atoms with Crippen molar-refractivity contribution < 1.29 is 0 Å². The van der Waals surface area contributed by atoms with Crippen LogP contribution in [0.25, 0.3) is 0 Å². The van der Waals surface area contributed by atoms with Crippen LogP contribution in [-0.4, -0.2) is 36.1 Å². The van der Waals surface area contributed by atoms with Crippen molar-refractivity contribution in [3.8, 4) is 6.07 Å². The Morgan fingerprint density at radius 1 is 1.21 bits per heavy atom. The molecule has 112 valence electrons. The Hall–Kier alpha value is -0.590. The summed E-state index contributed by atoms with van der Waals surface area (Å²) in [5.74, 6) is 0.773. The van der Waals surface area contributed by atoms with E-state index in [1.807, 2.05) is 6.92 Å². The Morgan fingerprint density at radius 2 is 1.79 bits per heavy atom.